The molecule has 1 aliphatic rings. The van der Waals surface area contributed by atoms with E-state index in [2.05, 4.69) is 10.3 Å². The molecule has 1 aliphatic heterocycles. The number of fused-ring (bicyclic) bond motifs is 1. The minimum atomic E-state index is -0.365. The number of hydrogen-bond acceptors (Lipinski definition) is 3. The van der Waals surface area contributed by atoms with E-state index in [0.29, 0.717) is 48.2 Å². The summed E-state index contributed by atoms with van der Waals surface area (Å²) in [4.78, 5) is 16.2. The molecule has 2 heterocycles. The quantitative estimate of drug-likeness (QED) is 0.658. The Balaban J connectivity index is 1.40. The van der Waals surface area contributed by atoms with E-state index in [-0.39, 0.29) is 23.6 Å². The van der Waals surface area contributed by atoms with Crippen molar-refractivity contribution in [3.8, 4) is 16.9 Å². The summed E-state index contributed by atoms with van der Waals surface area (Å²) in [5, 5.41) is 2.89. The number of pyridine rings is 1. The van der Waals surface area contributed by atoms with Gasteiger partial charge in [0.25, 0.3) is 0 Å². The van der Waals surface area contributed by atoms with Crippen molar-refractivity contribution in [2.45, 2.75) is 32.3 Å². The van der Waals surface area contributed by atoms with Gasteiger partial charge in [-0.05, 0) is 60.4 Å². The summed E-state index contributed by atoms with van der Waals surface area (Å²) in [5.41, 5.74) is 3.54. The minimum Gasteiger partial charge on any atom is -0.487 e. The number of benzene rings is 2. The van der Waals surface area contributed by atoms with Crippen LogP contribution in [0.3, 0.4) is 0 Å². The van der Waals surface area contributed by atoms with Crippen LogP contribution in [0, 0.1) is 18.6 Å². The van der Waals surface area contributed by atoms with Gasteiger partial charge < -0.3 is 10.1 Å². The predicted molar refractivity (Wildman–Crippen MR) is 110 cm³/mol. The molecule has 0 spiro atoms. The van der Waals surface area contributed by atoms with Gasteiger partial charge in [-0.1, -0.05) is 12.1 Å². The van der Waals surface area contributed by atoms with Gasteiger partial charge in [0, 0.05) is 36.4 Å². The molecule has 2 aromatic carbocycles. The second kappa shape index (κ2) is 8.61. The van der Waals surface area contributed by atoms with E-state index in [1.54, 1.807) is 31.5 Å². The van der Waals surface area contributed by atoms with Crippen molar-refractivity contribution in [2.24, 2.45) is 0 Å². The lowest BCUT2D eigenvalue weighted by Gasteiger charge is -2.14. The third-order valence-electron chi connectivity index (χ3n) is 5.22. The fourth-order valence-electron chi connectivity index (χ4n) is 3.65. The van der Waals surface area contributed by atoms with Gasteiger partial charge in [0.05, 0.1) is 6.54 Å². The average Bonchev–Trinajstić information content (AvgIpc) is 3.15. The van der Waals surface area contributed by atoms with E-state index < -0.39 is 0 Å². The van der Waals surface area contributed by atoms with E-state index in [1.165, 1.54) is 18.2 Å². The maximum atomic E-state index is 14.2. The summed E-state index contributed by atoms with van der Waals surface area (Å²) < 4.78 is 33.9. The normalized spacial score (nSPS) is 14.8. The molecule has 0 saturated carbocycles. The molecule has 1 atom stereocenters. The summed E-state index contributed by atoms with van der Waals surface area (Å²) >= 11 is 0. The van der Waals surface area contributed by atoms with Crippen LogP contribution in [0.5, 0.6) is 5.75 Å². The molecule has 0 radical (unpaired) electrons. The molecule has 0 bridgehead atoms. The Hall–Kier alpha value is -3.28. The van der Waals surface area contributed by atoms with E-state index in [9.17, 15) is 13.6 Å². The van der Waals surface area contributed by atoms with Gasteiger partial charge in [-0.25, -0.2) is 8.78 Å². The van der Waals surface area contributed by atoms with E-state index in [0.717, 1.165) is 11.1 Å². The molecular weight excluding hydrogens is 386 g/mol. The first-order chi connectivity index (χ1) is 14.5. The standard InChI is InChI=1S/C24H22F2N2O2/c1-15-9-17(5-6-22(15)26)21-12-19(25)10-18-11-20(30-24(18)21)14-28-23(29)7-4-16-3-2-8-27-13-16/h2-3,5-6,8-10,12-13,20H,4,7,11,14H2,1H3,(H,28,29). The third kappa shape index (κ3) is 4.48. The molecule has 0 fully saturated rings. The minimum absolute atomic E-state index is 0.0704. The number of nitrogens with zero attached hydrogens (tertiary/aromatic N) is 1. The van der Waals surface area contributed by atoms with Crippen molar-refractivity contribution in [2.75, 3.05) is 6.54 Å². The largest absolute Gasteiger partial charge is 0.487 e. The molecule has 1 unspecified atom stereocenters. The lowest BCUT2D eigenvalue weighted by molar-refractivity contribution is -0.121. The van der Waals surface area contributed by atoms with Gasteiger partial charge in [-0.15, -0.1) is 0 Å². The predicted octanol–water partition coefficient (Wildman–Crippen LogP) is 4.39. The molecule has 1 amide bonds. The number of carbonyl (C=O) groups is 1. The first-order valence-electron chi connectivity index (χ1n) is 9.91. The maximum Gasteiger partial charge on any atom is 0.220 e. The summed E-state index contributed by atoms with van der Waals surface area (Å²) in [6.45, 7) is 2.01. The highest BCUT2D eigenvalue weighted by Crippen LogP contribution is 2.40. The lowest BCUT2D eigenvalue weighted by Crippen LogP contribution is -2.34. The first-order valence-corrected chi connectivity index (χ1v) is 9.91. The van der Waals surface area contributed by atoms with Gasteiger partial charge in [0.1, 0.15) is 23.5 Å². The lowest BCUT2D eigenvalue weighted by atomic mass is 9.99. The smallest absolute Gasteiger partial charge is 0.220 e. The van der Waals surface area contributed by atoms with Crippen molar-refractivity contribution >= 4 is 5.91 Å². The van der Waals surface area contributed by atoms with Crippen LogP contribution in [0.1, 0.15) is 23.1 Å². The molecule has 0 saturated heterocycles. The highest BCUT2D eigenvalue weighted by atomic mass is 19.1. The molecule has 1 N–H and O–H groups in total. The Kier molecular flexibility index (Phi) is 5.74. The van der Waals surface area contributed by atoms with Crippen LogP contribution in [-0.4, -0.2) is 23.5 Å². The van der Waals surface area contributed by atoms with Crippen LogP contribution in [0.25, 0.3) is 11.1 Å². The Morgan fingerprint density at radius 3 is 2.87 bits per heavy atom. The Bertz CT molecular complexity index is 1070. The van der Waals surface area contributed by atoms with Crippen molar-refractivity contribution < 1.29 is 18.3 Å². The van der Waals surface area contributed by atoms with Gasteiger partial charge in [0.15, 0.2) is 0 Å². The monoisotopic (exact) mass is 408 g/mol. The molecule has 3 aromatic rings. The number of carbonyl (C=O) groups excluding carboxylic acids is 1. The van der Waals surface area contributed by atoms with Crippen LogP contribution < -0.4 is 10.1 Å². The van der Waals surface area contributed by atoms with Crippen molar-refractivity contribution in [1.29, 1.82) is 0 Å². The van der Waals surface area contributed by atoms with Gasteiger partial charge in [-0.3, -0.25) is 9.78 Å². The number of aryl methyl sites for hydroxylation is 2. The van der Waals surface area contributed by atoms with Crippen LogP contribution in [0.15, 0.2) is 54.9 Å². The molecular formula is C24H22F2N2O2. The van der Waals surface area contributed by atoms with Crippen LogP contribution in [-0.2, 0) is 17.6 Å². The second-order valence-corrected chi connectivity index (χ2v) is 7.51. The molecule has 1 aromatic heterocycles. The Morgan fingerprint density at radius 2 is 2.10 bits per heavy atom. The van der Waals surface area contributed by atoms with E-state index >= 15 is 0 Å². The number of aromatic nitrogens is 1. The average molecular weight is 408 g/mol. The molecule has 0 aliphatic carbocycles. The number of rotatable bonds is 6. The third-order valence-corrected chi connectivity index (χ3v) is 5.22. The number of hydrogen-bond donors (Lipinski definition) is 1. The van der Waals surface area contributed by atoms with Gasteiger partial charge >= 0.3 is 0 Å². The van der Waals surface area contributed by atoms with Crippen LogP contribution >= 0.6 is 0 Å². The van der Waals surface area contributed by atoms with Crippen molar-refractivity contribution in [1.82, 2.24) is 10.3 Å². The molecule has 4 nitrogen and oxygen atoms in total. The summed E-state index contributed by atoms with van der Waals surface area (Å²) in [7, 11) is 0. The van der Waals surface area contributed by atoms with Gasteiger partial charge in [0.2, 0.25) is 5.91 Å². The SMILES string of the molecule is Cc1cc(-c2cc(F)cc3c2OC(CNC(=O)CCc2cccnc2)C3)ccc1F. The number of nitrogens with one attached hydrogen (secondary N) is 1. The topological polar surface area (TPSA) is 51.2 Å². The van der Waals surface area contributed by atoms with Gasteiger partial charge in [-0.2, -0.15) is 0 Å². The van der Waals surface area contributed by atoms with Crippen molar-refractivity contribution in [3.63, 3.8) is 0 Å². The summed E-state index contributed by atoms with van der Waals surface area (Å²) in [6, 6.07) is 11.3. The summed E-state index contributed by atoms with van der Waals surface area (Å²) in [5.74, 6) is -0.147. The fraction of sp³-hybridized carbons (Fsp3) is 0.250. The van der Waals surface area contributed by atoms with E-state index in [4.69, 9.17) is 4.74 Å². The Labute approximate surface area is 173 Å². The number of halogens is 2. The van der Waals surface area contributed by atoms with Crippen molar-refractivity contribution in [3.05, 3.63) is 83.2 Å². The first kappa shape index (κ1) is 20.0. The zero-order valence-electron chi connectivity index (χ0n) is 16.6. The highest BCUT2D eigenvalue weighted by molar-refractivity contribution is 5.76. The molecule has 154 valence electrons. The van der Waals surface area contributed by atoms with Crippen LogP contribution in [0.4, 0.5) is 8.78 Å². The number of amides is 1. The number of ether oxygens (including phenoxy) is 1. The molecule has 6 heteroatoms. The fourth-order valence-corrected chi connectivity index (χ4v) is 3.65. The Morgan fingerprint density at radius 1 is 1.23 bits per heavy atom. The zero-order chi connectivity index (χ0) is 21.1. The van der Waals surface area contributed by atoms with Crippen LogP contribution in [0.2, 0.25) is 0 Å². The second-order valence-electron chi connectivity index (χ2n) is 7.51. The summed E-state index contributed by atoms with van der Waals surface area (Å²) in [6.07, 6.45) is 4.65. The molecule has 30 heavy (non-hydrogen) atoms. The molecule has 4 rings (SSSR count). The highest BCUT2D eigenvalue weighted by Gasteiger charge is 2.27. The maximum absolute atomic E-state index is 14.2. The van der Waals surface area contributed by atoms with E-state index in [1.807, 2.05) is 12.1 Å². The zero-order valence-corrected chi connectivity index (χ0v) is 16.6.